The van der Waals surface area contributed by atoms with Crippen LogP contribution in [0.15, 0.2) is 53.0 Å². The highest BCUT2D eigenvalue weighted by Crippen LogP contribution is 2.35. The number of hydrogen-bond acceptors (Lipinski definition) is 2. The molecule has 0 spiro atoms. The van der Waals surface area contributed by atoms with E-state index in [2.05, 4.69) is 25.6 Å². The van der Waals surface area contributed by atoms with Crippen LogP contribution in [-0.2, 0) is 10.0 Å². The lowest BCUT2D eigenvalue weighted by molar-refractivity contribution is 0.569. The third-order valence-corrected chi connectivity index (χ3v) is 7.32. The van der Waals surface area contributed by atoms with Gasteiger partial charge in [-0.2, -0.15) is 0 Å². The Morgan fingerprint density at radius 1 is 1.16 bits per heavy atom. The van der Waals surface area contributed by atoms with Crippen molar-refractivity contribution in [2.75, 3.05) is 0 Å². The van der Waals surface area contributed by atoms with Gasteiger partial charge in [-0.3, -0.25) is 0 Å². The summed E-state index contributed by atoms with van der Waals surface area (Å²) in [5.41, 5.74) is 2.43. The van der Waals surface area contributed by atoms with E-state index in [4.69, 9.17) is 11.6 Å². The highest BCUT2D eigenvalue weighted by atomic mass is 79.9. The van der Waals surface area contributed by atoms with Crippen molar-refractivity contribution >= 4 is 48.5 Å². The van der Waals surface area contributed by atoms with Crippen LogP contribution in [0, 0.1) is 0 Å². The number of aromatic amines is 1. The summed E-state index contributed by atoms with van der Waals surface area (Å²) < 4.78 is 28.9. The number of hydrogen-bond donors (Lipinski definition) is 2. The fourth-order valence-corrected chi connectivity index (χ4v) is 5.20. The van der Waals surface area contributed by atoms with Crippen LogP contribution < -0.4 is 4.72 Å². The van der Waals surface area contributed by atoms with E-state index in [1.165, 1.54) is 0 Å². The summed E-state index contributed by atoms with van der Waals surface area (Å²) in [6.07, 6.45) is 1.42. The van der Waals surface area contributed by atoms with Gasteiger partial charge in [0.1, 0.15) is 0 Å². The largest absolute Gasteiger partial charge is 0.356 e. The summed E-state index contributed by atoms with van der Waals surface area (Å²) in [6.45, 7) is 0. The van der Waals surface area contributed by atoms with E-state index in [-0.39, 0.29) is 5.25 Å². The van der Waals surface area contributed by atoms with E-state index in [1.807, 2.05) is 42.5 Å². The number of sulfonamides is 1. The van der Waals surface area contributed by atoms with Crippen molar-refractivity contribution in [3.63, 3.8) is 0 Å². The van der Waals surface area contributed by atoms with Gasteiger partial charge in [-0.25, -0.2) is 13.1 Å². The van der Waals surface area contributed by atoms with Crippen molar-refractivity contribution in [2.45, 2.75) is 24.1 Å². The van der Waals surface area contributed by atoms with Crippen LogP contribution in [0.2, 0.25) is 5.02 Å². The van der Waals surface area contributed by atoms with Crippen molar-refractivity contribution in [1.82, 2.24) is 9.71 Å². The minimum Gasteiger partial charge on any atom is -0.356 e. The first-order valence-corrected chi connectivity index (χ1v) is 10.7. The number of fused-ring (bicyclic) bond motifs is 1. The topological polar surface area (TPSA) is 62.0 Å². The van der Waals surface area contributed by atoms with Crippen LogP contribution in [0.4, 0.5) is 0 Å². The molecule has 2 aromatic carbocycles. The number of halogens is 2. The minimum atomic E-state index is -3.39. The Bertz CT molecular complexity index is 1040. The SMILES string of the molecule is O=S(=O)(NC(c1cc2cccc(Br)c2[nH]1)c1ccccc1Cl)C1CC1. The van der Waals surface area contributed by atoms with Crippen LogP contribution in [-0.4, -0.2) is 18.7 Å². The van der Waals surface area contributed by atoms with E-state index in [9.17, 15) is 8.42 Å². The van der Waals surface area contributed by atoms with Crippen LogP contribution in [0.5, 0.6) is 0 Å². The van der Waals surface area contributed by atoms with Gasteiger partial charge < -0.3 is 4.98 Å². The molecule has 0 aliphatic heterocycles. The summed E-state index contributed by atoms with van der Waals surface area (Å²) in [4.78, 5) is 3.34. The van der Waals surface area contributed by atoms with Gasteiger partial charge in [0.25, 0.3) is 0 Å². The first-order chi connectivity index (χ1) is 12.0. The second-order valence-electron chi connectivity index (χ2n) is 6.25. The van der Waals surface area contributed by atoms with Gasteiger partial charge in [0, 0.05) is 20.6 Å². The Balaban J connectivity index is 1.84. The molecule has 0 bridgehead atoms. The molecule has 1 aromatic heterocycles. The molecule has 130 valence electrons. The van der Waals surface area contributed by atoms with Crippen LogP contribution in [0.3, 0.4) is 0 Å². The summed E-state index contributed by atoms with van der Waals surface area (Å²) in [6, 6.07) is 14.6. The Kier molecular flexibility index (Phi) is 4.40. The molecule has 0 amide bonds. The number of benzene rings is 2. The molecule has 0 radical (unpaired) electrons. The third-order valence-electron chi connectivity index (χ3n) is 4.40. The molecule has 1 atom stereocenters. The zero-order valence-electron chi connectivity index (χ0n) is 13.2. The summed E-state index contributed by atoms with van der Waals surface area (Å²) in [5, 5.41) is 1.24. The molecule has 7 heteroatoms. The normalized spacial score (nSPS) is 16.2. The maximum absolute atomic E-state index is 12.6. The van der Waals surface area contributed by atoms with E-state index >= 15 is 0 Å². The van der Waals surface area contributed by atoms with Crippen molar-refractivity contribution < 1.29 is 8.42 Å². The highest BCUT2D eigenvalue weighted by Gasteiger charge is 2.38. The highest BCUT2D eigenvalue weighted by molar-refractivity contribution is 9.10. The van der Waals surface area contributed by atoms with Gasteiger partial charge in [0.05, 0.1) is 16.8 Å². The quantitative estimate of drug-likeness (QED) is 0.602. The number of aromatic nitrogens is 1. The first kappa shape index (κ1) is 17.1. The maximum atomic E-state index is 12.6. The van der Waals surface area contributed by atoms with Gasteiger partial charge in [-0.1, -0.05) is 41.9 Å². The Morgan fingerprint density at radius 3 is 2.60 bits per heavy atom. The molecule has 3 aromatic rings. The molecule has 2 N–H and O–H groups in total. The van der Waals surface area contributed by atoms with E-state index in [0.717, 1.165) is 26.6 Å². The molecule has 4 nitrogen and oxygen atoms in total. The number of rotatable bonds is 5. The smallest absolute Gasteiger partial charge is 0.215 e. The Morgan fingerprint density at radius 2 is 1.92 bits per heavy atom. The third kappa shape index (κ3) is 3.36. The van der Waals surface area contributed by atoms with Crippen LogP contribution in [0.1, 0.15) is 30.1 Å². The molecule has 25 heavy (non-hydrogen) atoms. The standard InChI is InChI=1S/C18H16BrClN2O2S/c19-14-6-3-4-11-10-16(21-17(11)14)18(13-5-1-2-7-15(13)20)22-25(23,24)12-8-9-12/h1-7,10,12,18,21-22H,8-9H2. The Labute approximate surface area is 159 Å². The molecule has 1 heterocycles. The number of para-hydroxylation sites is 1. The molecule has 1 aliphatic rings. The molecule has 4 rings (SSSR count). The molecular weight excluding hydrogens is 424 g/mol. The van der Waals surface area contributed by atoms with Crippen LogP contribution in [0.25, 0.3) is 10.9 Å². The fraction of sp³-hybridized carbons (Fsp3) is 0.222. The lowest BCUT2D eigenvalue weighted by Gasteiger charge is -2.19. The van der Waals surface area contributed by atoms with Gasteiger partial charge in [0.15, 0.2) is 0 Å². The Hall–Kier alpha value is -1.34. The van der Waals surface area contributed by atoms with Crippen molar-refractivity contribution in [3.05, 3.63) is 69.3 Å². The zero-order chi connectivity index (χ0) is 17.6. The van der Waals surface area contributed by atoms with E-state index in [0.29, 0.717) is 17.9 Å². The summed E-state index contributed by atoms with van der Waals surface area (Å²) >= 11 is 9.89. The van der Waals surface area contributed by atoms with Gasteiger partial charge in [0.2, 0.25) is 10.0 Å². The average Bonchev–Trinajstić information content (AvgIpc) is 3.34. The number of nitrogens with one attached hydrogen (secondary N) is 2. The average molecular weight is 440 g/mol. The predicted molar refractivity (Wildman–Crippen MR) is 104 cm³/mol. The maximum Gasteiger partial charge on any atom is 0.215 e. The molecule has 1 aliphatic carbocycles. The van der Waals surface area contributed by atoms with E-state index in [1.54, 1.807) is 6.07 Å². The monoisotopic (exact) mass is 438 g/mol. The predicted octanol–water partition coefficient (Wildman–Crippen LogP) is 4.76. The summed E-state index contributed by atoms with van der Waals surface area (Å²) in [7, 11) is -3.39. The lowest BCUT2D eigenvalue weighted by atomic mass is 10.0. The molecule has 0 saturated heterocycles. The van der Waals surface area contributed by atoms with Gasteiger partial charge in [-0.15, -0.1) is 0 Å². The summed E-state index contributed by atoms with van der Waals surface area (Å²) in [5.74, 6) is 0. The van der Waals surface area contributed by atoms with Crippen LogP contribution >= 0.6 is 27.5 Å². The molecule has 1 fully saturated rings. The minimum absolute atomic E-state index is 0.298. The second-order valence-corrected chi connectivity index (χ2v) is 9.50. The van der Waals surface area contributed by atoms with Crippen molar-refractivity contribution in [3.8, 4) is 0 Å². The second kappa shape index (κ2) is 6.43. The zero-order valence-corrected chi connectivity index (χ0v) is 16.3. The van der Waals surface area contributed by atoms with E-state index < -0.39 is 16.1 Å². The van der Waals surface area contributed by atoms with Crippen molar-refractivity contribution in [1.29, 1.82) is 0 Å². The first-order valence-electron chi connectivity index (χ1n) is 7.98. The van der Waals surface area contributed by atoms with Gasteiger partial charge >= 0.3 is 0 Å². The van der Waals surface area contributed by atoms with Gasteiger partial charge in [-0.05, 0) is 52.5 Å². The molecular formula is C18H16BrClN2O2S. The lowest BCUT2D eigenvalue weighted by Crippen LogP contribution is -2.32. The number of H-pyrrole nitrogens is 1. The van der Waals surface area contributed by atoms with Crippen molar-refractivity contribution in [2.24, 2.45) is 0 Å². The molecule has 1 saturated carbocycles. The fourth-order valence-electron chi connectivity index (χ4n) is 2.94. The molecule has 1 unspecified atom stereocenters.